The van der Waals surface area contributed by atoms with Gasteiger partial charge in [0.05, 0.1) is 11.6 Å². The molecule has 6 heteroatoms. The van der Waals surface area contributed by atoms with Gasteiger partial charge in [-0.1, -0.05) is 16.8 Å². The molecule has 0 aliphatic rings. The first-order valence-electron chi connectivity index (χ1n) is 4.69. The van der Waals surface area contributed by atoms with Crippen LogP contribution in [-0.2, 0) is 13.6 Å². The van der Waals surface area contributed by atoms with Crippen LogP contribution in [0.4, 0.5) is 10.1 Å². The third kappa shape index (κ3) is 2.49. The molecule has 1 N–H and O–H groups in total. The number of nitrogens with zero attached hydrogens (tertiary/aromatic N) is 3. The van der Waals surface area contributed by atoms with Gasteiger partial charge in [-0.2, -0.15) is 0 Å². The molecule has 0 bridgehead atoms. The van der Waals surface area contributed by atoms with Gasteiger partial charge in [-0.05, 0) is 18.2 Å². The minimum absolute atomic E-state index is 0.116. The molecule has 0 amide bonds. The van der Waals surface area contributed by atoms with E-state index < -0.39 is 5.82 Å². The molecular weight excluding hydrogens is 231 g/mol. The van der Waals surface area contributed by atoms with Crippen LogP contribution in [0, 0.1) is 5.82 Å². The maximum absolute atomic E-state index is 13.1. The van der Waals surface area contributed by atoms with Crippen molar-refractivity contribution in [3.8, 4) is 0 Å². The summed E-state index contributed by atoms with van der Waals surface area (Å²) in [7, 11) is 1.79. The zero-order valence-electron chi connectivity index (χ0n) is 8.61. The van der Waals surface area contributed by atoms with Gasteiger partial charge in [0.25, 0.3) is 0 Å². The average Bonchev–Trinajstić information content (AvgIpc) is 2.66. The zero-order chi connectivity index (χ0) is 11.5. The Morgan fingerprint density at radius 2 is 2.31 bits per heavy atom. The van der Waals surface area contributed by atoms with E-state index in [0.29, 0.717) is 12.2 Å². The van der Waals surface area contributed by atoms with Crippen LogP contribution in [0.2, 0.25) is 5.02 Å². The second-order valence-corrected chi connectivity index (χ2v) is 3.77. The van der Waals surface area contributed by atoms with Gasteiger partial charge in [-0.25, -0.2) is 4.39 Å². The Kier molecular flexibility index (Phi) is 3.05. The molecule has 0 fully saturated rings. The quantitative estimate of drug-likeness (QED) is 0.895. The van der Waals surface area contributed by atoms with Crippen molar-refractivity contribution in [1.29, 1.82) is 0 Å². The van der Waals surface area contributed by atoms with E-state index in [0.717, 1.165) is 5.69 Å². The van der Waals surface area contributed by atoms with Gasteiger partial charge in [-0.15, -0.1) is 5.10 Å². The van der Waals surface area contributed by atoms with Crippen LogP contribution < -0.4 is 5.32 Å². The molecule has 4 nitrogen and oxygen atoms in total. The highest BCUT2D eigenvalue weighted by atomic mass is 35.5. The second kappa shape index (κ2) is 4.49. The van der Waals surface area contributed by atoms with Crippen molar-refractivity contribution in [2.45, 2.75) is 6.54 Å². The zero-order valence-corrected chi connectivity index (χ0v) is 9.37. The Balaban J connectivity index is 2.02. The molecule has 1 aromatic carbocycles. The Morgan fingerprint density at radius 3 is 2.94 bits per heavy atom. The van der Waals surface area contributed by atoms with Crippen LogP contribution >= 0.6 is 11.6 Å². The summed E-state index contributed by atoms with van der Waals surface area (Å²) in [6, 6.07) is 4.57. The highest BCUT2D eigenvalue weighted by Crippen LogP contribution is 2.18. The number of benzene rings is 1. The van der Waals surface area contributed by atoms with Gasteiger partial charge in [-0.3, -0.25) is 4.68 Å². The fraction of sp³-hybridized carbons (Fsp3) is 0.200. The summed E-state index contributed by atoms with van der Waals surface area (Å²) < 4.78 is 14.7. The summed E-state index contributed by atoms with van der Waals surface area (Å²) in [4.78, 5) is 0. The van der Waals surface area contributed by atoms with E-state index in [2.05, 4.69) is 15.6 Å². The van der Waals surface area contributed by atoms with Crippen molar-refractivity contribution in [2.75, 3.05) is 5.32 Å². The van der Waals surface area contributed by atoms with Crippen molar-refractivity contribution in [3.63, 3.8) is 0 Å². The van der Waals surface area contributed by atoms with Gasteiger partial charge < -0.3 is 5.32 Å². The summed E-state index contributed by atoms with van der Waals surface area (Å²) in [6.45, 7) is 0.495. The molecule has 0 saturated carbocycles. The number of anilines is 1. The molecule has 2 rings (SSSR count). The third-order valence-electron chi connectivity index (χ3n) is 2.04. The van der Waals surface area contributed by atoms with Crippen molar-refractivity contribution >= 4 is 17.3 Å². The third-order valence-corrected chi connectivity index (χ3v) is 2.35. The van der Waals surface area contributed by atoms with E-state index in [-0.39, 0.29) is 5.02 Å². The minimum atomic E-state index is -0.439. The first-order valence-corrected chi connectivity index (χ1v) is 5.07. The van der Waals surface area contributed by atoms with E-state index in [1.807, 2.05) is 0 Å². The van der Waals surface area contributed by atoms with Gasteiger partial charge in [0.15, 0.2) is 0 Å². The molecule has 16 heavy (non-hydrogen) atoms. The lowest BCUT2D eigenvalue weighted by Gasteiger charge is -2.04. The number of rotatable bonds is 3. The number of aryl methyl sites for hydroxylation is 1. The molecule has 1 aromatic heterocycles. The summed E-state index contributed by atoms with van der Waals surface area (Å²) in [6.07, 6.45) is 1.79. The van der Waals surface area contributed by atoms with Crippen molar-refractivity contribution in [3.05, 3.63) is 40.9 Å². The molecule has 0 radical (unpaired) electrons. The summed E-state index contributed by atoms with van der Waals surface area (Å²) in [5.41, 5.74) is 1.45. The van der Waals surface area contributed by atoms with Crippen LogP contribution in [-0.4, -0.2) is 15.0 Å². The maximum Gasteiger partial charge on any atom is 0.143 e. The Morgan fingerprint density at radius 1 is 1.50 bits per heavy atom. The van der Waals surface area contributed by atoms with E-state index in [1.54, 1.807) is 24.0 Å². The summed E-state index contributed by atoms with van der Waals surface area (Å²) >= 11 is 5.57. The number of hydrogen-bond acceptors (Lipinski definition) is 3. The predicted octanol–water partition coefficient (Wildman–Crippen LogP) is 2.22. The maximum atomic E-state index is 13.1. The topological polar surface area (TPSA) is 42.7 Å². The van der Waals surface area contributed by atoms with Gasteiger partial charge in [0, 0.05) is 18.9 Å². The molecule has 0 atom stereocenters. The molecule has 1 heterocycles. The molecule has 0 saturated heterocycles. The molecule has 2 aromatic rings. The van der Waals surface area contributed by atoms with Crippen LogP contribution in [0.3, 0.4) is 0 Å². The van der Waals surface area contributed by atoms with E-state index in [9.17, 15) is 4.39 Å². The van der Waals surface area contributed by atoms with Gasteiger partial charge >= 0.3 is 0 Å². The van der Waals surface area contributed by atoms with Crippen molar-refractivity contribution in [1.82, 2.24) is 15.0 Å². The minimum Gasteiger partial charge on any atom is -0.379 e. The molecule has 0 unspecified atom stereocenters. The lowest BCUT2D eigenvalue weighted by atomic mass is 10.3. The Labute approximate surface area is 97.0 Å². The Bertz CT molecular complexity index is 497. The van der Waals surface area contributed by atoms with Gasteiger partial charge in [0.2, 0.25) is 0 Å². The molecule has 0 aliphatic heterocycles. The van der Waals surface area contributed by atoms with Crippen LogP contribution in [0.15, 0.2) is 24.4 Å². The van der Waals surface area contributed by atoms with Crippen LogP contribution in [0.5, 0.6) is 0 Å². The van der Waals surface area contributed by atoms with Crippen LogP contribution in [0.1, 0.15) is 5.69 Å². The molecule has 84 valence electrons. The van der Waals surface area contributed by atoms with E-state index >= 15 is 0 Å². The van der Waals surface area contributed by atoms with Crippen LogP contribution in [0.25, 0.3) is 0 Å². The lowest BCUT2D eigenvalue weighted by Crippen LogP contribution is -2.00. The summed E-state index contributed by atoms with van der Waals surface area (Å²) in [5, 5.41) is 10.8. The monoisotopic (exact) mass is 240 g/mol. The first kappa shape index (κ1) is 10.9. The second-order valence-electron chi connectivity index (χ2n) is 3.37. The number of halogens is 2. The lowest BCUT2D eigenvalue weighted by molar-refractivity contribution is 0.628. The van der Waals surface area contributed by atoms with E-state index in [1.165, 1.54) is 12.1 Å². The van der Waals surface area contributed by atoms with E-state index in [4.69, 9.17) is 11.6 Å². The average molecular weight is 241 g/mol. The fourth-order valence-electron chi connectivity index (χ4n) is 1.28. The smallest absolute Gasteiger partial charge is 0.143 e. The molecular formula is C10H10ClFN4. The highest BCUT2D eigenvalue weighted by molar-refractivity contribution is 6.30. The summed E-state index contributed by atoms with van der Waals surface area (Å²) in [5.74, 6) is -0.439. The Hall–Kier alpha value is -1.62. The molecule has 0 spiro atoms. The standard InChI is InChI=1S/C10H10ClFN4/c1-16-6-8(14-15-16)5-13-7-2-3-9(11)10(12)4-7/h2-4,6,13H,5H2,1H3. The molecule has 0 aliphatic carbocycles. The highest BCUT2D eigenvalue weighted by Gasteiger charge is 2.02. The van der Waals surface area contributed by atoms with Crippen molar-refractivity contribution < 1.29 is 4.39 Å². The van der Waals surface area contributed by atoms with Gasteiger partial charge in [0.1, 0.15) is 11.5 Å². The number of nitrogens with one attached hydrogen (secondary N) is 1. The number of aromatic nitrogens is 3. The fourth-order valence-corrected chi connectivity index (χ4v) is 1.39. The predicted molar refractivity (Wildman–Crippen MR) is 59.7 cm³/mol. The SMILES string of the molecule is Cn1cc(CNc2ccc(Cl)c(F)c2)nn1. The normalized spacial score (nSPS) is 10.4. The first-order chi connectivity index (χ1) is 7.65. The number of hydrogen-bond donors (Lipinski definition) is 1. The largest absolute Gasteiger partial charge is 0.379 e. The van der Waals surface area contributed by atoms with Crippen molar-refractivity contribution in [2.24, 2.45) is 7.05 Å².